The molecular weight excluding hydrogens is 444 g/mol. The Morgan fingerprint density at radius 3 is 2.44 bits per heavy atom. The molecule has 3 rings (SSSR count). The van der Waals surface area contributed by atoms with Crippen LogP contribution in [-0.2, 0) is 6.18 Å². The van der Waals surface area contributed by atoms with E-state index < -0.39 is 24.0 Å². The van der Waals surface area contributed by atoms with Crippen LogP contribution in [0.4, 0.5) is 26.3 Å². The van der Waals surface area contributed by atoms with Gasteiger partial charge in [-0.25, -0.2) is 4.68 Å². The van der Waals surface area contributed by atoms with E-state index in [-0.39, 0.29) is 21.4 Å². The third-order valence-corrected chi connectivity index (χ3v) is 3.72. The van der Waals surface area contributed by atoms with Crippen molar-refractivity contribution in [1.82, 2.24) is 14.8 Å². The Morgan fingerprint density at radius 2 is 1.78 bits per heavy atom. The number of aromatic nitrogens is 3. The Hall–Kier alpha value is -2.56. The zero-order chi connectivity index (χ0) is 19.8. The van der Waals surface area contributed by atoms with Gasteiger partial charge >= 0.3 is 12.5 Å². The summed E-state index contributed by atoms with van der Waals surface area (Å²) in [4.78, 5) is 3.26. The van der Waals surface area contributed by atoms with Crippen molar-refractivity contribution < 1.29 is 31.1 Å². The van der Waals surface area contributed by atoms with Crippen LogP contribution in [0.3, 0.4) is 0 Å². The summed E-state index contributed by atoms with van der Waals surface area (Å²) >= 11 is 3.08. The van der Waals surface area contributed by atoms with Gasteiger partial charge in [-0.2, -0.15) is 18.3 Å². The number of hydrogen-bond donors (Lipinski definition) is 0. The van der Waals surface area contributed by atoms with Crippen molar-refractivity contribution in [3.63, 3.8) is 0 Å². The average Bonchev–Trinajstić information content (AvgIpc) is 3.01. The zero-order valence-corrected chi connectivity index (χ0v) is 14.5. The van der Waals surface area contributed by atoms with Gasteiger partial charge in [0.15, 0.2) is 0 Å². The normalized spacial score (nSPS) is 12.3. The Kier molecular flexibility index (Phi) is 4.89. The molecule has 3 aromatic rings. The number of rotatable bonds is 3. The van der Waals surface area contributed by atoms with Crippen molar-refractivity contribution in [2.45, 2.75) is 12.5 Å². The first kappa shape index (κ1) is 19.2. The van der Waals surface area contributed by atoms with Crippen LogP contribution in [0.5, 0.6) is 5.75 Å². The number of halogens is 7. The number of nitrogens with zero attached hydrogens (tertiary/aromatic N) is 3. The van der Waals surface area contributed by atoms with Crippen molar-refractivity contribution >= 4 is 15.9 Å². The molecule has 0 atom stereocenters. The molecule has 0 aliphatic carbocycles. The van der Waals surface area contributed by atoms with Crippen LogP contribution >= 0.6 is 15.9 Å². The topological polar surface area (TPSA) is 39.9 Å². The quantitative estimate of drug-likeness (QED) is 0.500. The lowest BCUT2D eigenvalue weighted by Crippen LogP contribution is -2.17. The van der Waals surface area contributed by atoms with Crippen LogP contribution in [0, 0.1) is 6.20 Å². The second kappa shape index (κ2) is 6.87. The molecule has 0 saturated heterocycles. The van der Waals surface area contributed by atoms with Crippen LogP contribution in [0.15, 0.2) is 47.1 Å². The van der Waals surface area contributed by atoms with E-state index in [2.05, 4.69) is 36.9 Å². The zero-order valence-electron chi connectivity index (χ0n) is 12.9. The van der Waals surface area contributed by atoms with Gasteiger partial charge in [-0.3, -0.25) is 4.98 Å². The van der Waals surface area contributed by atoms with Gasteiger partial charge in [0.05, 0.1) is 11.4 Å². The standard InChI is InChI=1S/C16H7BrF6N3O/c17-10-5-9(6-12(7-10)27-16(21,22)23)13-2-4-25-26(13)11-1-3-24-14(8-11)15(18,19)20/h1-3,5-8H. The summed E-state index contributed by atoms with van der Waals surface area (Å²) in [6.45, 7) is 0. The van der Waals surface area contributed by atoms with Gasteiger partial charge in [0.1, 0.15) is 17.6 Å². The summed E-state index contributed by atoms with van der Waals surface area (Å²) in [6.07, 6.45) is -6.11. The Morgan fingerprint density at radius 1 is 1.04 bits per heavy atom. The molecule has 0 bridgehead atoms. The van der Waals surface area contributed by atoms with Crippen LogP contribution in [0.1, 0.15) is 5.69 Å². The van der Waals surface area contributed by atoms with Gasteiger partial charge in [-0.1, -0.05) is 15.9 Å². The van der Waals surface area contributed by atoms with E-state index in [9.17, 15) is 26.3 Å². The van der Waals surface area contributed by atoms with Crippen molar-refractivity contribution in [2.75, 3.05) is 0 Å². The number of alkyl halides is 6. The van der Waals surface area contributed by atoms with Crippen molar-refractivity contribution in [1.29, 1.82) is 0 Å². The molecule has 2 heterocycles. The van der Waals surface area contributed by atoms with Gasteiger partial charge in [-0.05, 0) is 36.4 Å². The highest BCUT2D eigenvalue weighted by Crippen LogP contribution is 2.33. The number of hydrogen-bond acceptors (Lipinski definition) is 3. The van der Waals surface area contributed by atoms with E-state index in [4.69, 9.17) is 0 Å². The molecule has 141 valence electrons. The largest absolute Gasteiger partial charge is 0.573 e. The number of pyridine rings is 1. The van der Waals surface area contributed by atoms with Gasteiger partial charge in [0.25, 0.3) is 0 Å². The van der Waals surface area contributed by atoms with E-state index >= 15 is 0 Å². The van der Waals surface area contributed by atoms with Crippen LogP contribution in [0.25, 0.3) is 16.9 Å². The van der Waals surface area contributed by atoms with Gasteiger partial charge < -0.3 is 4.74 Å². The third kappa shape index (κ3) is 4.59. The Balaban J connectivity index is 2.06. The molecule has 0 fully saturated rings. The Bertz CT molecular complexity index is 967. The molecular formula is C16H7BrF6N3O. The summed E-state index contributed by atoms with van der Waals surface area (Å²) in [5, 5.41) is 3.84. The molecule has 0 aliphatic rings. The van der Waals surface area contributed by atoms with E-state index in [1.165, 1.54) is 18.2 Å². The first-order chi connectivity index (χ1) is 12.5. The maximum atomic E-state index is 12.9. The van der Waals surface area contributed by atoms with E-state index in [1.807, 2.05) is 0 Å². The minimum absolute atomic E-state index is 0.0202. The van der Waals surface area contributed by atoms with E-state index in [0.29, 0.717) is 0 Å². The first-order valence-corrected chi connectivity index (χ1v) is 7.89. The average molecular weight is 451 g/mol. The Labute approximate surface area is 156 Å². The van der Waals surface area contributed by atoms with Gasteiger partial charge in [0, 0.05) is 16.2 Å². The maximum absolute atomic E-state index is 12.9. The second-order valence-corrected chi connectivity index (χ2v) is 6.11. The highest BCUT2D eigenvalue weighted by Gasteiger charge is 2.33. The fraction of sp³-hybridized carbons (Fsp3) is 0.125. The van der Waals surface area contributed by atoms with Crippen molar-refractivity contribution in [3.05, 3.63) is 59.0 Å². The fourth-order valence-corrected chi connectivity index (χ4v) is 2.75. The summed E-state index contributed by atoms with van der Waals surface area (Å²) in [6, 6.07) is 7.05. The fourth-order valence-electron chi connectivity index (χ4n) is 2.27. The monoisotopic (exact) mass is 450 g/mol. The molecule has 0 unspecified atom stereocenters. The van der Waals surface area contributed by atoms with Gasteiger partial charge in [0.2, 0.25) is 0 Å². The molecule has 0 N–H and O–H groups in total. The minimum atomic E-state index is -4.89. The summed E-state index contributed by atoms with van der Waals surface area (Å²) in [5.41, 5.74) is -0.672. The van der Waals surface area contributed by atoms with E-state index in [0.717, 1.165) is 29.1 Å². The molecule has 0 spiro atoms. The third-order valence-electron chi connectivity index (χ3n) is 3.27. The first-order valence-electron chi connectivity index (χ1n) is 7.09. The van der Waals surface area contributed by atoms with Crippen LogP contribution in [-0.4, -0.2) is 21.1 Å². The molecule has 4 nitrogen and oxygen atoms in total. The maximum Gasteiger partial charge on any atom is 0.573 e. The minimum Gasteiger partial charge on any atom is -0.406 e. The molecule has 11 heteroatoms. The molecule has 0 saturated carbocycles. The smallest absolute Gasteiger partial charge is 0.406 e. The second-order valence-electron chi connectivity index (χ2n) is 5.19. The highest BCUT2D eigenvalue weighted by atomic mass is 79.9. The van der Waals surface area contributed by atoms with Crippen LogP contribution in [0.2, 0.25) is 0 Å². The lowest BCUT2D eigenvalue weighted by Gasteiger charge is -2.13. The molecule has 2 aromatic heterocycles. The predicted molar refractivity (Wildman–Crippen MR) is 85.0 cm³/mol. The summed E-state index contributed by atoms with van der Waals surface area (Å²) in [7, 11) is 0. The van der Waals surface area contributed by atoms with Gasteiger partial charge in [-0.15, -0.1) is 13.2 Å². The molecule has 1 radical (unpaired) electrons. The molecule has 1 aromatic carbocycles. The van der Waals surface area contributed by atoms with Crippen LogP contribution < -0.4 is 4.74 Å². The van der Waals surface area contributed by atoms with E-state index in [1.54, 1.807) is 0 Å². The predicted octanol–water partition coefficient (Wildman–Crippen LogP) is 5.41. The SMILES string of the molecule is FC(F)(F)Oc1cc(Br)cc(-c2c[c]nn2-c2ccnc(C(F)(F)F)c2)c1. The summed E-state index contributed by atoms with van der Waals surface area (Å²) < 4.78 is 81.3. The summed E-state index contributed by atoms with van der Waals surface area (Å²) in [5.74, 6) is -0.495. The van der Waals surface area contributed by atoms with Crippen molar-refractivity contribution in [2.24, 2.45) is 0 Å². The lowest BCUT2D eigenvalue weighted by atomic mass is 10.1. The van der Waals surface area contributed by atoms with Crippen molar-refractivity contribution in [3.8, 4) is 22.7 Å². The highest BCUT2D eigenvalue weighted by molar-refractivity contribution is 9.10. The number of ether oxygens (including phenoxy) is 1. The number of benzene rings is 1. The lowest BCUT2D eigenvalue weighted by molar-refractivity contribution is -0.274. The molecule has 0 aliphatic heterocycles. The molecule has 0 amide bonds. The molecule has 27 heavy (non-hydrogen) atoms.